The molecule has 10 atom stereocenters. The van der Waals surface area contributed by atoms with Gasteiger partial charge in [0, 0.05) is 0 Å². The van der Waals surface area contributed by atoms with Crippen molar-refractivity contribution in [2.75, 3.05) is 18.9 Å². The minimum atomic E-state index is -4.32. The molecule has 0 bridgehead atoms. The molecule has 0 saturated carbocycles. The molecular formula is C22H23Cl2N7O11P2S2. The molecular weight excluding hydrogens is 735 g/mol. The number of anilines is 1. The smallest absolute Gasteiger partial charge is 0.386 e. The topological polar surface area (TPSA) is 237 Å². The van der Waals surface area contributed by atoms with Crippen molar-refractivity contribution >= 4 is 89.4 Å². The first-order chi connectivity index (χ1) is 21.7. The van der Waals surface area contributed by atoms with Crippen molar-refractivity contribution in [3.8, 4) is 0 Å². The molecule has 6 unspecified atom stereocenters. The predicted octanol–water partition coefficient (Wildman–Crippen LogP) is 2.47. The predicted molar refractivity (Wildman–Crippen MR) is 167 cm³/mol. The lowest BCUT2D eigenvalue weighted by molar-refractivity contribution is -0.0560. The van der Waals surface area contributed by atoms with Gasteiger partial charge in [0.25, 0.3) is 5.56 Å². The van der Waals surface area contributed by atoms with Crippen LogP contribution in [0.2, 0.25) is 10.0 Å². The number of thiol groups is 2. The van der Waals surface area contributed by atoms with E-state index < -0.39 is 81.4 Å². The Morgan fingerprint density at radius 2 is 1.46 bits per heavy atom. The number of aromatic amines is 1. The molecule has 0 amide bonds. The second-order valence-electron chi connectivity index (χ2n) is 10.5. The van der Waals surface area contributed by atoms with Gasteiger partial charge in [0.1, 0.15) is 36.6 Å². The van der Waals surface area contributed by atoms with Gasteiger partial charge in [0.05, 0.1) is 46.9 Å². The minimum Gasteiger partial charge on any atom is -0.386 e. The summed E-state index contributed by atoms with van der Waals surface area (Å²) in [7, 11) is 0. The Morgan fingerprint density at radius 3 is 2.07 bits per heavy atom. The number of H-pyrrole nitrogens is 1. The number of nitrogens with two attached hydrogens (primary N) is 1. The van der Waals surface area contributed by atoms with Gasteiger partial charge in [-0.25, -0.2) is 19.1 Å². The molecule has 3 aromatic heterocycles. The third-order valence-corrected chi connectivity index (χ3v) is 11.5. The van der Waals surface area contributed by atoms with Crippen LogP contribution in [0.1, 0.15) is 12.5 Å². The second-order valence-corrected chi connectivity index (χ2v) is 17.0. The number of halogens is 2. The van der Waals surface area contributed by atoms with Crippen LogP contribution in [0.5, 0.6) is 0 Å². The van der Waals surface area contributed by atoms with Gasteiger partial charge >= 0.3 is 13.6 Å². The lowest BCUT2D eigenvalue weighted by atomic mass is 10.1. The minimum absolute atomic E-state index is 0.0263. The van der Waals surface area contributed by atoms with Crippen LogP contribution >= 0.6 is 61.3 Å². The number of aromatic nitrogens is 6. The molecule has 248 valence electrons. The number of nitrogens with one attached hydrogen (secondary N) is 1. The molecule has 24 heteroatoms. The van der Waals surface area contributed by atoms with Crippen molar-refractivity contribution in [3.05, 3.63) is 45.2 Å². The number of nitrogen functional groups attached to an aromatic ring is 1. The van der Waals surface area contributed by atoms with Crippen molar-refractivity contribution < 1.29 is 46.9 Å². The number of aliphatic hydroxyl groups excluding tert-OH is 2. The summed E-state index contributed by atoms with van der Waals surface area (Å²) in [6.07, 6.45) is -8.39. The van der Waals surface area contributed by atoms with Crippen molar-refractivity contribution in [2.45, 2.75) is 49.1 Å². The Labute approximate surface area is 277 Å². The first-order valence-electron chi connectivity index (χ1n) is 13.2. The maximum absolute atomic E-state index is 13.5. The summed E-state index contributed by atoms with van der Waals surface area (Å²) in [5, 5.41) is 23.1. The average molecular weight is 758 g/mol. The number of benzene rings is 1. The molecule has 0 spiro atoms. The highest BCUT2D eigenvalue weighted by atomic mass is 35.5. The Kier molecular flexibility index (Phi) is 8.55. The van der Waals surface area contributed by atoms with E-state index in [-0.39, 0.29) is 27.2 Å². The molecule has 3 saturated heterocycles. The van der Waals surface area contributed by atoms with Crippen molar-refractivity contribution in [1.29, 1.82) is 0 Å². The van der Waals surface area contributed by atoms with Crippen LogP contribution in [-0.4, -0.2) is 89.1 Å². The third kappa shape index (κ3) is 5.92. The molecule has 18 nitrogen and oxygen atoms in total. The summed E-state index contributed by atoms with van der Waals surface area (Å²) in [6.45, 7) is -9.76. The van der Waals surface area contributed by atoms with Crippen LogP contribution in [-0.2, 0) is 36.7 Å². The molecule has 46 heavy (non-hydrogen) atoms. The number of nitrogens with zero attached hydrogens (tertiary/aromatic N) is 5. The molecule has 0 radical (unpaired) electrons. The van der Waals surface area contributed by atoms with E-state index in [9.17, 15) is 24.1 Å². The summed E-state index contributed by atoms with van der Waals surface area (Å²) in [4.78, 5) is 26.9. The van der Waals surface area contributed by atoms with Gasteiger partial charge in [0.2, 0.25) is 5.95 Å². The molecule has 3 aliphatic rings. The van der Waals surface area contributed by atoms with Gasteiger partial charge in [-0.3, -0.25) is 32.4 Å². The fourth-order valence-corrected chi connectivity index (χ4v) is 8.78. The fraction of sp³-hybridized carbons (Fsp3) is 0.455. The molecule has 3 fully saturated rings. The first-order valence-corrected chi connectivity index (χ1v) is 19.4. The van der Waals surface area contributed by atoms with Gasteiger partial charge in [-0.1, -0.05) is 47.7 Å². The van der Waals surface area contributed by atoms with E-state index in [4.69, 9.17) is 56.5 Å². The number of aliphatic hydroxyl groups is 2. The van der Waals surface area contributed by atoms with Crippen molar-refractivity contribution in [2.24, 2.45) is 0 Å². The molecule has 0 aliphatic carbocycles. The lowest BCUT2D eigenvalue weighted by Gasteiger charge is -2.28. The Morgan fingerprint density at radius 1 is 0.913 bits per heavy atom. The summed E-state index contributed by atoms with van der Waals surface area (Å²) < 4.78 is 63.9. The van der Waals surface area contributed by atoms with E-state index in [0.29, 0.717) is 11.0 Å². The van der Waals surface area contributed by atoms with Crippen LogP contribution in [0.15, 0.2) is 29.6 Å². The zero-order valence-corrected chi connectivity index (χ0v) is 27.9. The van der Waals surface area contributed by atoms with E-state index in [1.165, 1.54) is 33.9 Å². The third-order valence-electron chi connectivity index (χ3n) is 7.55. The quantitative estimate of drug-likeness (QED) is 0.127. The molecule has 7 rings (SSSR count). The Hall–Kier alpha value is -1.74. The van der Waals surface area contributed by atoms with Crippen LogP contribution < -0.4 is 11.3 Å². The maximum atomic E-state index is 13.5. The van der Waals surface area contributed by atoms with Gasteiger partial charge in [-0.2, -0.15) is 4.98 Å². The van der Waals surface area contributed by atoms with E-state index in [1.807, 2.05) is 0 Å². The van der Waals surface area contributed by atoms with E-state index in [0.717, 1.165) is 0 Å². The van der Waals surface area contributed by atoms with Crippen molar-refractivity contribution in [3.63, 3.8) is 0 Å². The summed E-state index contributed by atoms with van der Waals surface area (Å²) in [5.74, 6) is -0.217. The molecule has 1 aromatic carbocycles. The number of rotatable bonds is 2. The largest absolute Gasteiger partial charge is 0.386 e. The average Bonchev–Trinajstić information content (AvgIpc) is 3.72. The van der Waals surface area contributed by atoms with Crippen LogP contribution in [0.25, 0.3) is 22.2 Å². The summed E-state index contributed by atoms with van der Waals surface area (Å²) in [6, 6.07) is 3.06. The summed E-state index contributed by atoms with van der Waals surface area (Å²) in [5.41, 5.74) is 5.83. The first kappa shape index (κ1) is 32.8. The van der Waals surface area contributed by atoms with E-state index >= 15 is 0 Å². The number of hydrogen-bond donors (Lipinski definition) is 6. The fourth-order valence-electron chi connectivity index (χ4n) is 5.49. The molecule has 5 N–H and O–H groups in total. The van der Waals surface area contributed by atoms with Crippen LogP contribution in [0, 0.1) is 0 Å². The Balaban J connectivity index is 1.17. The second kappa shape index (κ2) is 12.0. The lowest BCUT2D eigenvalue weighted by Crippen LogP contribution is -2.38. The van der Waals surface area contributed by atoms with Gasteiger partial charge in [-0.15, -0.1) is 0 Å². The van der Waals surface area contributed by atoms with Crippen LogP contribution in [0.4, 0.5) is 5.95 Å². The maximum Gasteiger partial charge on any atom is 0.386 e. The monoisotopic (exact) mass is 757 g/mol. The van der Waals surface area contributed by atoms with E-state index in [2.05, 4.69) is 44.4 Å². The van der Waals surface area contributed by atoms with Crippen LogP contribution in [0.3, 0.4) is 0 Å². The zero-order chi connectivity index (χ0) is 32.7. The zero-order valence-electron chi connectivity index (χ0n) is 22.8. The number of imidazole rings is 2. The van der Waals surface area contributed by atoms with Gasteiger partial charge in [-0.05, 0) is 12.1 Å². The van der Waals surface area contributed by atoms with Crippen molar-refractivity contribution in [1.82, 2.24) is 29.1 Å². The molecule has 6 heterocycles. The number of fused-ring (bicyclic) bond motifs is 4. The molecule has 3 aliphatic heterocycles. The van der Waals surface area contributed by atoms with E-state index in [1.54, 1.807) is 0 Å². The number of hydrogen-bond acceptors (Lipinski definition) is 15. The highest BCUT2D eigenvalue weighted by Crippen LogP contribution is 2.60. The SMILES string of the molecule is Nc1nc2c(ncn2[C@@H]2O[C@@H]3COP(=O)(S)OC4C(O)[C@H](n5cnc6cc(Cl)c(Cl)cc65)O[C@@H]4COP(=O)(S)OC3C2O)c(=O)[nH]1. The van der Waals surface area contributed by atoms with Gasteiger partial charge < -0.3 is 30.0 Å². The highest BCUT2D eigenvalue weighted by Gasteiger charge is 2.53. The normalized spacial score (nSPS) is 37.2. The standard InChI is InChI=1S/C22H23Cl2N7O11P2S2/c23-7-1-9-10(2-8(7)24)30(5-26-9)20-14(32)16-11(39-20)3-37-44(36,46)42-17-12(4-38-43(35,45)41-16)40-21(15(17)33)31-6-27-13-18(31)28-22(25)29-19(13)34/h1-2,5-6,11-12,14-17,20-21,32-33H,3-4H2,(H,35,45)(H,36,46)(H3,25,28,29,34)/t11-,12-,14?,15?,16?,17?,20-,21-,43?,44?/m1/s1. The Bertz CT molecular complexity index is 2000. The highest BCUT2D eigenvalue weighted by molar-refractivity contribution is 8.44. The van der Waals surface area contributed by atoms with Gasteiger partial charge in [0.15, 0.2) is 23.6 Å². The summed E-state index contributed by atoms with van der Waals surface area (Å²) >= 11 is 20.4. The molecule has 4 aromatic rings. The number of ether oxygens (including phenoxy) is 2.